The topological polar surface area (TPSA) is 64.9 Å². The van der Waals surface area contributed by atoms with Crippen molar-refractivity contribution in [1.29, 1.82) is 5.26 Å². The van der Waals surface area contributed by atoms with Gasteiger partial charge in [0.05, 0.1) is 6.04 Å². The van der Waals surface area contributed by atoms with Gasteiger partial charge in [-0.1, -0.05) is 42.5 Å². The minimum Gasteiger partial charge on any atom is -0.389 e. The van der Waals surface area contributed by atoms with Crippen LogP contribution in [-0.2, 0) is 24.1 Å². The highest BCUT2D eigenvalue weighted by molar-refractivity contribution is 5.97. The third-order valence-electron chi connectivity index (χ3n) is 5.63. The average molecular weight is 388 g/mol. The zero-order valence-corrected chi connectivity index (χ0v) is 17.3. The van der Waals surface area contributed by atoms with E-state index >= 15 is 0 Å². The first-order valence-electron chi connectivity index (χ1n) is 10.4. The van der Waals surface area contributed by atoms with Crippen molar-refractivity contribution in [2.24, 2.45) is 0 Å². The summed E-state index contributed by atoms with van der Waals surface area (Å²) in [7, 11) is 0. The lowest BCUT2D eigenvalue weighted by Gasteiger charge is -2.20. The first kappa shape index (κ1) is 20.7. The first-order valence-corrected chi connectivity index (χ1v) is 10.4. The van der Waals surface area contributed by atoms with Crippen LogP contribution in [0.25, 0.3) is 0 Å². The molecule has 29 heavy (non-hydrogen) atoms. The highest BCUT2D eigenvalue weighted by atomic mass is 16.1. The second-order valence-electron chi connectivity index (χ2n) is 7.73. The number of hydrogen-bond donors (Lipinski definition) is 2. The van der Waals surface area contributed by atoms with Gasteiger partial charge < -0.3 is 10.6 Å². The van der Waals surface area contributed by atoms with E-state index in [9.17, 15) is 10.1 Å². The van der Waals surface area contributed by atoms with Crippen molar-refractivity contribution < 1.29 is 4.79 Å². The Balaban J connectivity index is 1.55. The number of nitriles is 1. The summed E-state index contributed by atoms with van der Waals surface area (Å²) in [6, 6.07) is 16.6. The molecule has 0 fully saturated rings. The Morgan fingerprint density at radius 2 is 1.93 bits per heavy atom. The summed E-state index contributed by atoms with van der Waals surface area (Å²) >= 11 is 0. The standard InChI is InChI=1S/C25H29N3O/c1-18-7-3-4-8-20(18)13-14-27-17-24(16-26)25(29)28-19(2)22-12-11-21-9-5-6-10-23(21)15-22/h3-4,7-8,11-12,15,17,19,27H,5-6,9-10,13-14H2,1-2H3,(H,28,29)/b24-17-. The van der Waals surface area contributed by atoms with Gasteiger partial charge in [0.2, 0.25) is 0 Å². The van der Waals surface area contributed by atoms with Crippen LogP contribution in [0.3, 0.4) is 0 Å². The number of carbonyl (C=O) groups is 1. The van der Waals surface area contributed by atoms with E-state index in [0.29, 0.717) is 6.54 Å². The van der Waals surface area contributed by atoms with Gasteiger partial charge in [-0.05, 0) is 73.8 Å². The van der Waals surface area contributed by atoms with Gasteiger partial charge in [-0.3, -0.25) is 4.79 Å². The minimum absolute atomic E-state index is 0.0968. The molecule has 2 N–H and O–H groups in total. The number of carbonyl (C=O) groups excluding carboxylic acids is 1. The highest BCUT2D eigenvalue weighted by Crippen LogP contribution is 2.24. The van der Waals surface area contributed by atoms with E-state index in [1.165, 1.54) is 41.3 Å². The summed E-state index contributed by atoms with van der Waals surface area (Å²) in [4.78, 5) is 12.5. The Bertz CT molecular complexity index is 939. The summed E-state index contributed by atoms with van der Waals surface area (Å²) in [5.41, 5.74) is 6.51. The maximum absolute atomic E-state index is 12.5. The molecule has 0 aromatic heterocycles. The van der Waals surface area contributed by atoms with Crippen LogP contribution in [0.15, 0.2) is 54.2 Å². The van der Waals surface area contributed by atoms with Crippen LogP contribution in [-0.4, -0.2) is 12.5 Å². The van der Waals surface area contributed by atoms with Crippen LogP contribution >= 0.6 is 0 Å². The Hall–Kier alpha value is -3.06. The normalized spacial score (nSPS) is 14.4. The molecule has 4 nitrogen and oxygen atoms in total. The van der Waals surface area contributed by atoms with E-state index < -0.39 is 0 Å². The first-order chi connectivity index (χ1) is 14.1. The van der Waals surface area contributed by atoms with Crippen molar-refractivity contribution >= 4 is 5.91 Å². The van der Waals surface area contributed by atoms with E-state index in [1.54, 1.807) is 0 Å². The number of hydrogen-bond acceptors (Lipinski definition) is 3. The summed E-state index contributed by atoms with van der Waals surface area (Å²) in [5, 5.41) is 15.4. The van der Waals surface area contributed by atoms with E-state index in [-0.39, 0.29) is 17.5 Å². The zero-order valence-electron chi connectivity index (χ0n) is 17.3. The molecule has 3 rings (SSSR count). The molecule has 0 saturated heterocycles. The number of nitrogens with one attached hydrogen (secondary N) is 2. The van der Waals surface area contributed by atoms with Gasteiger partial charge in [-0.15, -0.1) is 0 Å². The van der Waals surface area contributed by atoms with Gasteiger partial charge in [-0.25, -0.2) is 0 Å². The van der Waals surface area contributed by atoms with E-state index in [2.05, 4.69) is 47.9 Å². The molecule has 4 heteroatoms. The molecule has 0 aliphatic heterocycles. The summed E-state index contributed by atoms with van der Waals surface area (Å²) in [6.07, 6.45) is 7.10. The SMILES string of the molecule is Cc1ccccc1CCN/C=C(/C#N)C(=O)NC(C)c1ccc2c(c1)CCCC2. The van der Waals surface area contributed by atoms with Gasteiger partial charge in [-0.2, -0.15) is 5.26 Å². The minimum atomic E-state index is -0.346. The lowest BCUT2D eigenvalue weighted by atomic mass is 9.89. The van der Waals surface area contributed by atoms with Crippen LogP contribution in [0.4, 0.5) is 0 Å². The van der Waals surface area contributed by atoms with E-state index in [0.717, 1.165) is 24.8 Å². The quantitative estimate of drug-likeness (QED) is 0.423. The smallest absolute Gasteiger partial charge is 0.263 e. The fourth-order valence-corrected chi connectivity index (χ4v) is 3.80. The maximum Gasteiger partial charge on any atom is 0.263 e. The van der Waals surface area contributed by atoms with Crippen molar-refractivity contribution in [2.75, 3.05) is 6.54 Å². The highest BCUT2D eigenvalue weighted by Gasteiger charge is 2.16. The molecule has 1 aliphatic rings. The average Bonchev–Trinajstić information content (AvgIpc) is 2.74. The lowest BCUT2D eigenvalue weighted by molar-refractivity contribution is -0.117. The third kappa shape index (κ3) is 5.48. The number of rotatable bonds is 7. The summed E-state index contributed by atoms with van der Waals surface area (Å²) < 4.78 is 0. The van der Waals surface area contributed by atoms with Gasteiger partial charge in [0, 0.05) is 12.7 Å². The Morgan fingerprint density at radius 3 is 2.69 bits per heavy atom. The molecule has 1 unspecified atom stereocenters. The second-order valence-corrected chi connectivity index (χ2v) is 7.73. The number of amides is 1. The molecule has 2 aromatic carbocycles. The molecule has 0 spiro atoms. The monoisotopic (exact) mass is 387 g/mol. The van der Waals surface area contributed by atoms with E-state index in [1.807, 2.05) is 25.1 Å². The molecule has 1 amide bonds. The number of aryl methyl sites for hydroxylation is 3. The molecular weight excluding hydrogens is 358 g/mol. The molecule has 2 aromatic rings. The number of nitrogens with zero attached hydrogens (tertiary/aromatic N) is 1. The third-order valence-corrected chi connectivity index (χ3v) is 5.63. The van der Waals surface area contributed by atoms with Crippen LogP contribution in [0.1, 0.15) is 53.6 Å². The molecule has 0 saturated carbocycles. The molecule has 1 aliphatic carbocycles. The van der Waals surface area contributed by atoms with Crippen molar-refractivity contribution in [3.63, 3.8) is 0 Å². The molecule has 0 radical (unpaired) electrons. The van der Waals surface area contributed by atoms with E-state index in [4.69, 9.17) is 0 Å². The maximum atomic E-state index is 12.5. The number of benzene rings is 2. The van der Waals surface area contributed by atoms with Gasteiger partial charge in [0.1, 0.15) is 11.6 Å². The molecule has 0 bridgehead atoms. The van der Waals surface area contributed by atoms with Crippen molar-refractivity contribution in [3.05, 3.63) is 82.1 Å². The predicted octanol–water partition coefficient (Wildman–Crippen LogP) is 4.29. The lowest BCUT2D eigenvalue weighted by Crippen LogP contribution is -2.29. The van der Waals surface area contributed by atoms with Crippen LogP contribution in [0.2, 0.25) is 0 Å². The van der Waals surface area contributed by atoms with Crippen molar-refractivity contribution in [1.82, 2.24) is 10.6 Å². The zero-order chi connectivity index (χ0) is 20.6. The fraction of sp³-hybridized carbons (Fsp3) is 0.360. The van der Waals surface area contributed by atoms with Gasteiger partial charge >= 0.3 is 0 Å². The van der Waals surface area contributed by atoms with Crippen LogP contribution < -0.4 is 10.6 Å². The van der Waals surface area contributed by atoms with Gasteiger partial charge in [0.25, 0.3) is 5.91 Å². The molecule has 1 atom stereocenters. The van der Waals surface area contributed by atoms with Crippen molar-refractivity contribution in [3.8, 4) is 6.07 Å². The molecule has 150 valence electrons. The second kappa shape index (κ2) is 9.93. The number of fused-ring (bicyclic) bond motifs is 1. The molecular formula is C25H29N3O. The Morgan fingerprint density at radius 1 is 1.17 bits per heavy atom. The van der Waals surface area contributed by atoms with Crippen molar-refractivity contribution in [2.45, 2.75) is 52.0 Å². The van der Waals surface area contributed by atoms with Gasteiger partial charge in [0.15, 0.2) is 0 Å². The van der Waals surface area contributed by atoms with Crippen LogP contribution in [0.5, 0.6) is 0 Å². The Kier molecular flexibility index (Phi) is 7.08. The summed E-state index contributed by atoms with van der Waals surface area (Å²) in [6.45, 7) is 4.72. The summed E-state index contributed by atoms with van der Waals surface area (Å²) in [5.74, 6) is -0.346. The fourth-order valence-electron chi connectivity index (χ4n) is 3.80. The molecule has 0 heterocycles. The predicted molar refractivity (Wildman–Crippen MR) is 116 cm³/mol. The van der Waals surface area contributed by atoms with Crippen LogP contribution in [0, 0.1) is 18.3 Å². The Labute approximate surface area is 173 Å². The largest absolute Gasteiger partial charge is 0.389 e.